The van der Waals surface area contributed by atoms with E-state index in [-0.39, 0.29) is 29.2 Å². The van der Waals surface area contributed by atoms with Crippen LogP contribution in [0.2, 0.25) is 0 Å². The molecule has 1 atom stereocenters. The lowest BCUT2D eigenvalue weighted by Crippen LogP contribution is -2.62. The summed E-state index contributed by atoms with van der Waals surface area (Å²) in [7, 11) is 0. The second kappa shape index (κ2) is 7.14. The van der Waals surface area contributed by atoms with Gasteiger partial charge in [-0.3, -0.25) is 0 Å². The van der Waals surface area contributed by atoms with Crippen molar-refractivity contribution in [3.63, 3.8) is 0 Å². The molecule has 1 saturated heterocycles. The third-order valence-electron chi connectivity index (χ3n) is 4.64. The standard InChI is InChI=1S/C20H33N3O/c1-14(2)17(15-10-8-7-9-11-15)22-18(24)21-16-12-19(3,4)23-20(5,6)13-16/h7-11,14,16-17,23H,12-13H2,1-6H3,(H2,21,22,24)/t17-/m1/s1. The first-order chi connectivity index (χ1) is 11.1. The molecule has 1 heterocycles. The zero-order valence-electron chi connectivity index (χ0n) is 15.9. The first kappa shape index (κ1) is 18.8. The Kier molecular flexibility index (Phi) is 5.59. The maximum absolute atomic E-state index is 12.6. The molecule has 0 unspecified atom stereocenters. The molecule has 3 N–H and O–H groups in total. The third-order valence-corrected chi connectivity index (χ3v) is 4.64. The second-order valence-electron chi connectivity index (χ2n) is 8.75. The van der Waals surface area contributed by atoms with Gasteiger partial charge in [0.2, 0.25) is 0 Å². The molecule has 0 spiro atoms. The van der Waals surface area contributed by atoms with E-state index in [1.54, 1.807) is 0 Å². The van der Waals surface area contributed by atoms with Gasteiger partial charge < -0.3 is 16.0 Å². The predicted molar refractivity (Wildman–Crippen MR) is 100 cm³/mol. The number of urea groups is 1. The maximum Gasteiger partial charge on any atom is 0.315 e. The van der Waals surface area contributed by atoms with Crippen molar-refractivity contribution in [2.75, 3.05) is 0 Å². The fourth-order valence-corrected chi connectivity index (χ4v) is 4.09. The van der Waals surface area contributed by atoms with Gasteiger partial charge in [-0.15, -0.1) is 0 Å². The Labute approximate surface area is 146 Å². The minimum atomic E-state index is -0.0731. The Morgan fingerprint density at radius 2 is 1.62 bits per heavy atom. The van der Waals surface area contributed by atoms with Crippen LogP contribution in [0, 0.1) is 5.92 Å². The Bertz CT molecular complexity index is 535. The van der Waals surface area contributed by atoms with Gasteiger partial charge >= 0.3 is 6.03 Å². The molecule has 0 radical (unpaired) electrons. The van der Waals surface area contributed by atoms with Crippen LogP contribution in [-0.4, -0.2) is 23.2 Å². The summed E-state index contributed by atoms with van der Waals surface area (Å²) in [6, 6.07) is 10.3. The van der Waals surface area contributed by atoms with E-state index in [9.17, 15) is 4.79 Å². The molecular formula is C20H33N3O. The van der Waals surface area contributed by atoms with Crippen molar-refractivity contribution >= 4 is 6.03 Å². The molecule has 2 rings (SSSR count). The van der Waals surface area contributed by atoms with Crippen molar-refractivity contribution in [3.05, 3.63) is 35.9 Å². The van der Waals surface area contributed by atoms with E-state index in [4.69, 9.17) is 0 Å². The lowest BCUT2D eigenvalue weighted by atomic mass is 9.79. The highest BCUT2D eigenvalue weighted by Crippen LogP contribution is 2.28. The minimum absolute atomic E-state index is 0.0222. The van der Waals surface area contributed by atoms with Crippen LogP contribution >= 0.6 is 0 Å². The normalized spacial score (nSPS) is 21.3. The molecule has 4 nitrogen and oxygen atoms in total. The van der Waals surface area contributed by atoms with Crippen molar-refractivity contribution in [1.82, 2.24) is 16.0 Å². The molecule has 0 bridgehead atoms. The van der Waals surface area contributed by atoms with E-state index in [0.717, 1.165) is 18.4 Å². The van der Waals surface area contributed by atoms with Crippen LogP contribution in [0.1, 0.15) is 66.0 Å². The second-order valence-corrected chi connectivity index (χ2v) is 8.75. The molecule has 1 aliphatic heterocycles. The smallest absolute Gasteiger partial charge is 0.315 e. The fraction of sp³-hybridized carbons (Fsp3) is 0.650. The lowest BCUT2D eigenvalue weighted by molar-refractivity contribution is 0.146. The zero-order valence-corrected chi connectivity index (χ0v) is 15.9. The number of nitrogens with one attached hydrogen (secondary N) is 3. The number of piperidine rings is 1. The zero-order chi connectivity index (χ0) is 18.0. The van der Waals surface area contributed by atoms with Crippen LogP contribution in [0.4, 0.5) is 4.79 Å². The van der Waals surface area contributed by atoms with Gasteiger partial charge in [-0.25, -0.2) is 4.79 Å². The summed E-state index contributed by atoms with van der Waals surface area (Å²) in [6.45, 7) is 13.1. The number of benzene rings is 1. The number of amides is 2. The number of carbonyl (C=O) groups is 1. The van der Waals surface area contributed by atoms with Gasteiger partial charge in [0.15, 0.2) is 0 Å². The molecule has 1 aromatic rings. The van der Waals surface area contributed by atoms with E-state index in [1.807, 2.05) is 18.2 Å². The minimum Gasteiger partial charge on any atom is -0.335 e. The molecule has 4 heteroatoms. The van der Waals surface area contributed by atoms with Crippen LogP contribution in [0.15, 0.2) is 30.3 Å². The van der Waals surface area contributed by atoms with Crippen molar-refractivity contribution in [2.24, 2.45) is 5.92 Å². The molecule has 2 amide bonds. The maximum atomic E-state index is 12.6. The monoisotopic (exact) mass is 331 g/mol. The SMILES string of the molecule is CC(C)[C@@H](NC(=O)NC1CC(C)(C)NC(C)(C)C1)c1ccccc1. The Morgan fingerprint density at radius 1 is 1.08 bits per heavy atom. The lowest BCUT2D eigenvalue weighted by Gasteiger charge is -2.46. The van der Waals surface area contributed by atoms with Crippen molar-refractivity contribution < 1.29 is 4.79 Å². The molecule has 1 aliphatic rings. The van der Waals surface area contributed by atoms with Gasteiger partial charge in [0, 0.05) is 17.1 Å². The first-order valence-corrected chi connectivity index (χ1v) is 8.99. The Morgan fingerprint density at radius 3 is 2.12 bits per heavy atom. The van der Waals surface area contributed by atoms with Gasteiger partial charge in [-0.1, -0.05) is 44.2 Å². The quantitative estimate of drug-likeness (QED) is 0.781. The van der Waals surface area contributed by atoms with Gasteiger partial charge in [0.1, 0.15) is 0 Å². The number of hydrogen-bond acceptors (Lipinski definition) is 2. The van der Waals surface area contributed by atoms with Crippen molar-refractivity contribution in [2.45, 2.75) is 77.5 Å². The van der Waals surface area contributed by atoms with Crippen LogP contribution in [-0.2, 0) is 0 Å². The van der Waals surface area contributed by atoms with Gasteiger partial charge in [-0.2, -0.15) is 0 Å². The molecule has 1 aromatic carbocycles. The molecule has 24 heavy (non-hydrogen) atoms. The van der Waals surface area contributed by atoms with E-state index in [2.05, 4.69) is 69.6 Å². The largest absolute Gasteiger partial charge is 0.335 e. The number of rotatable bonds is 4. The highest BCUT2D eigenvalue weighted by molar-refractivity contribution is 5.74. The first-order valence-electron chi connectivity index (χ1n) is 8.99. The van der Waals surface area contributed by atoms with E-state index >= 15 is 0 Å². The van der Waals surface area contributed by atoms with Crippen molar-refractivity contribution in [3.8, 4) is 0 Å². The van der Waals surface area contributed by atoms with Crippen LogP contribution in [0.25, 0.3) is 0 Å². The van der Waals surface area contributed by atoms with Gasteiger partial charge in [-0.05, 0) is 52.0 Å². The summed E-state index contributed by atoms with van der Waals surface area (Å²) in [5, 5.41) is 10.0. The van der Waals surface area contributed by atoms with Crippen LogP contribution in [0.3, 0.4) is 0 Å². The molecular weight excluding hydrogens is 298 g/mol. The summed E-state index contributed by atoms with van der Waals surface area (Å²) in [4.78, 5) is 12.6. The summed E-state index contributed by atoms with van der Waals surface area (Å²) < 4.78 is 0. The predicted octanol–water partition coefficient (Wildman–Crippen LogP) is 3.99. The highest BCUT2D eigenvalue weighted by atomic mass is 16.2. The average molecular weight is 332 g/mol. The van der Waals surface area contributed by atoms with E-state index < -0.39 is 0 Å². The summed E-state index contributed by atoms with van der Waals surface area (Å²) in [5.41, 5.74) is 1.20. The number of carbonyl (C=O) groups excluding carboxylic acids is 1. The Hall–Kier alpha value is -1.55. The fourth-order valence-electron chi connectivity index (χ4n) is 4.09. The highest BCUT2D eigenvalue weighted by Gasteiger charge is 2.38. The van der Waals surface area contributed by atoms with Crippen LogP contribution < -0.4 is 16.0 Å². The Balaban J connectivity index is 2.01. The molecule has 1 fully saturated rings. The number of hydrogen-bond donors (Lipinski definition) is 3. The molecule has 134 valence electrons. The topological polar surface area (TPSA) is 53.2 Å². The van der Waals surface area contributed by atoms with Gasteiger partial charge in [0.25, 0.3) is 0 Å². The van der Waals surface area contributed by atoms with Crippen molar-refractivity contribution in [1.29, 1.82) is 0 Å². The summed E-state index contributed by atoms with van der Waals surface area (Å²) >= 11 is 0. The van der Waals surface area contributed by atoms with E-state index in [1.165, 1.54) is 0 Å². The van der Waals surface area contributed by atoms with E-state index in [0.29, 0.717) is 5.92 Å². The third kappa shape index (κ3) is 5.23. The summed E-state index contributed by atoms with van der Waals surface area (Å²) in [5.74, 6) is 0.332. The van der Waals surface area contributed by atoms with Gasteiger partial charge in [0.05, 0.1) is 6.04 Å². The molecule has 0 aromatic heterocycles. The summed E-state index contributed by atoms with van der Waals surface area (Å²) in [6.07, 6.45) is 1.86. The molecule has 0 aliphatic carbocycles. The van der Waals surface area contributed by atoms with Crippen LogP contribution in [0.5, 0.6) is 0 Å². The average Bonchev–Trinajstić information content (AvgIpc) is 2.41. The molecule has 0 saturated carbocycles.